The van der Waals surface area contributed by atoms with E-state index in [1.807, 2.05) is 0 Å². The van der Waals surface area contributed by atoms with Crippen LogP contribution < -0.4 is 11.1 Å². The van der Waals surface area contributed by atoms with Crippen molar-refractivity contribution in [3.05, 3.63) is 12.2 Å². The number of anilines is 1. The number of hydrogen-bond acceptors (Lipinski definition) is 5. The van der Waals surface area contributed by atoms with Crippen molar-refractivity contribution in [2.75, 3.05) is 31.9 Å². The molecule has 1 fully saturated rings. The lowest BCUT2D eigenvalue weighted by Crippen LogP contribution is -2.42. The number of nitrogens with one attached hydrogen (secondary N) is 1. The molecule has 0 amide bonds. The Kier molecular flexibility index (Phi) is 2.47. The summed E-state index contributed by atoms with van der Waals surface area (Å²) >= 11 is 0. The minimum absolute atomic E-state index is 0.463. The first-order chi connectivity index (χ1) is 6.34. The fourth-order valence-electron chi connectivity index (χ4n) is 1.46. The van der Waals surface area contributed by atoms with E-state index >= 15 is 0 Å². The summed E-state index contributed by atoms with van der Waals surface area (Å²) in [5.41, 5.74) is 5.45. The topological polar surface area (TPSA) is 67.3 Å². The fourth-order valence-corrected chi connectivity index (χ4v) is 1.46. The van der Waals surface area contributed by atoms with Crippen molar-refractivity contribution >= 4 is 5.82 Å². The zero-order valence-corrected chi connectivity index (χ0v) is 7.49. The largest absolute Gasteiger partial charge is 0.445 e. The van der Waals surface area contributed by atoms with Crippen LogP contribution in [0.1, 0.15) is 5.89 Å². The molecule has 0 unspecified atom stereocenters. The molecule has 0 aromatic carbocycles. The quantitative estimate of drug-likeness (QED) is 0.655. The van der Waals surface area contributed by atoms with E-state index in [1.165, 1.54) is 6.26 Å². The fraction of sp³-hybridized carbons (Fsp3) is 0.625. The molecule has 0 radical (unpaired) electrons. The lowest BCUT2D eigenvalue weighted by Gasteiger charge is -2.25. The van der Waals surface area contributed by atoms with E-state index in [9.17, 15) is 0 Å². The van der Waals surface area contributed by atoms with Crippen molar-refractivity contribution < 1.29 is 4.42 Å². The molecule has 0 spiro atoms. The molecule has 3 N–H and O–H groups in total. The van der Waals surface area contributed by atoms with Gasteiger partial charge in [-0.1, -0.05) is 0 Å². The second-order valence-corrected chi connectivity index (χ2v) is 3.19. The third kappa shape index (κ3) is 2.19. The van der Waals surface area contributed by atoms with Gasteiger partial charge in [-0.2, -0.15) is 4.98 Å². The summed E-state index contributed by atoms with van der Waals surface area (Å²) in [7, 11) is 0. The third-order valence-electron chi connectivity index (χ3n) is 2.14. The summed E-state index contributed by atoms with van der Waals surface area (Å²) in [4.78, 5) is 6.35. The Hall–Kier alpha value is -1.07. The monoisotopic (exact) mass is 182 g/mol. The van der Waals surface area contributed by atoms with Crippen molar-refractivity contribution in [1.82, 2.24) is 15.2 Å². The van der Waals surface area contributed by atoms with Crippen LogP contribution in [0.5, 0.6) is 0 Å². The van der Waals surface area contributed by atoms with Gasteiger partial charge in [0.15, 0.2) is 5.82 Å². The molecule has 72 valence electrons. The van der Waals surface area contributed by atoms with Crippen LogP contribution in [0.3, 0.4) is 0 Å². The normalized spacial score (nSPS) is 19.1. The molecule has 1 saturated heterocycles. The van der Waals surface area contributed by atoms with Gasteiger partial charge in [0.2, 0.25) is 5.89 Å². The predicted octanol–water partition coefficient (Wildman–Crippen LogP) is -0.338. The van der Waals surface area contributed by atoms with Gasteiger partial charge in [-0.15, -0.1) is 0 Å². The number of nitrogens with zero attached hydrogens (tertiary/aromatic N) is 2. The summed E-state index contributed by atoms with van der Waals surface area (Å²) in [6.07, 6.45) is 1.48. The Labute approximate surface area is 76.9 Å². The summed E-state index contributed by atoms with van der Waals surface area (Å²) in [5.74, 6) is 1.17. The first-order valence-electron chi connectivity index (χ1n) is 4.47. The summed E-state index contributed by atoms with van der Waals surface area (Å²) < 4.78 is 5.17. The minimum Gasteiger partial charge on any atom is -0.445 e. The average Bonchev–Trinajstić information content (AvgIpc) is 2.53. The van der Waals surface area contributed by atoms with E-state index in [-0.39, 0.29) is 0 Å². The van der Waals surface area contributed by atoms with Gasteiger partial charge < -0.3 is 15.5 Å². The molecule has 0 aliphatic carbocycles. The van der Waals surface area contributed by atoms with E-state index in [1.54, 1.807) is 0 Å². The van der Waals surface area contributed by atoms with Gasteiger partial charge in [0, 0.05) is 26.2 Å². The van der Waals surface area contributed by atoms with Gasteiger partial charge in [0.1, 0.15) is 6.26 Å². The SMILES string of the molecule is Nc1coc(CN2CCNCC2)n1. The molecule has 0 bridgehead atoms. The molecule has 5 nitrogen and oxygen atoms in total. The highest BCUT2D eigenvalue weighted by molar-refractivity contribution is 5.21. The average molecular weight is 182 g/mol. The first-order valence-corrected chi connectivity index (χ1v) is 4.47. The molecular weight excluding hydrogens is 168 g/mol. The maximum atomic E-state index is 5.45. The predicted molar refractivity (Wildman–Crippen MR) is 49.1 cm³/mol. The molecule has 1 aliphatic heterocycles. The van der Waals surface area contributed by atoms with E-state index in [0.717, 1.165) is 32.7 Å². The molecule has 1 aromatic heterocycles. The van der Waals surface area contributed by atoms with Crippen LogP contribution in [0, 0.1) is 0 Å². The molecule has 13 heavy (non-hydrogen) atoms. The third-order valence-corrected chi connectivity index (χ3v) is 2.14. The molecular formula is C8H14N4O. The van der Waals surface area contributed by atoms with Crippen LogP contribution in [0.2, 0.25) is 0 Å². The van der Waals surface area contributed by atoms with Gasteiger partial charge in [0.05, 0.1) is 6.54 Å². The van der Waals surface area contributed by atoms with Crippen LogP contribution >= 0.6 is 0 Å². The second-order valence-electron chi connectivity index (χ2n) is 3.19. The molecule has 1 aliphatic rings. The van der Waals surface area contributed by atoms with Gasteiger partial charge >= 0.3 is 0 Å². The summed E-state index contributed by atoms with van der Waals surface area (Å²) in [6, 6.07) is 0. The zero-order chi connectivity index (χ0) is 9.10. The highest BCUT2D eigenvalue weighted by atomic mass is 16.3. The Morgan fingerprint density at radius 3 is 2.92 bits per heavy atom. The molecule has 2 heterocycles. The minimum atomic E-state index is 0.463. The number of aromatic nitrogens is 1. The Morgan fingerprint density at radius 1 is 1.54 bits per heavy atom. The van der Waals surface area contributed by atoms with Crippen molar-refractivity contribution in [2.24, 2.45) is 0 Å². The van der Waals surface area contributed by atoms with E-state index in [4.69, 9.17) is 10.2 Å². The van der Waals surface area contributed by atoms with Crippen LogP contribution in [0.4, 0.5) is 5.82 Å². The number of hydrogen-bond donors (Lipinski definition) is 2. The maximum Gasteiger partial charge on any atom is 0.210 e. The van der Waals surface area contributed by atoms with Gasteiger partial charge in [-0.3, -0.25) is 4.90 Å². The molecule has 1 aromatic rings. The van der Waals surface area contributed by atoms with Crippen molar-refractivity contribution in [1.29, 1.82) is 0 Å². The highest BCUT2D eigenvalue weighted by Crippen LogP contribution is 2.06. The van der Waals surface area contributed by atoms with Crippen LogP contribution in [0.15, 0.2) is 10.7 Å². The van der Waals surface area contributed by atoms with E-state index in [2.05, 4.69) is 15.2 Å². The number of rotatable bonds is 2. The first kappa shape index (κ1) is 8.52. The molecule has 0 saturated carbocycles. The number of nitrogens with two attached hydrogens (primary N) is 1. The second kappa shape index (κ2) is 3.76. The molecule has 0 atom stereocenters. The van der Waals surface area contributed by atoms with E-state index < -0.39 is 0 Å². The van der Waals surface area contributed by atoms with Crippen LogP contribution in [-0.2, 0) is 6.54 Å². The van der Waals surface area contributed by atoms with Gasteiger partial charge in [-0.25, -0.2) is 0 Å². The molecule has 2 rings (SSSR count). The van der Waals surface area contributed by atoms with E-state index in [0.29, 0.717) is 11.7 Å². The standard InChI is InChI=1S/C8H14N4O/c9-7-6-13-8(11-7)5-12-3-1-10-2-4-12/h6,10H,1-5,9H2. The zero-order valence-electron chi connectivity index (χ0n) is 7.49. The van der Waals surface area contributed by atoms with Gasteiger partial charge in [0.25, 0.3) is 0 Å². The van der Waals surface area contributed by atoms with Crippen molar-refractivity contribution in [3.63, 3.8) is 0 Å². The number of oxazole rings is 1. The Balaban J connectivity index is 1.89. The summed E-state index contributed by atoms with van der Waals surface area (Å²) in [5, 5.41) is 3.29. The van der Waals surface area contributed by atoms with Crippen molar-refractivity contribution in [3.8, 4) is 0 Å². The number of piperazine rings is 1. The molecule has 5 heteroatoms. The Bertz CT molecular complexity index is 267. The maximum absolute atomic E-state index is 5.45. The lowest BCUT2D eigenvalue weighted by atomic mass is 10.3. The smallest absolute Gasteiger partial charge is 0.210 e. The van der Waals surface area contributed by atoms with Crippen LogP contribution in [-0.4, -0.2) is 36.1 Å². The summed E-state index contributed by atoms with van der Waals surface area (Å²) in [6.45, 7) is 4.93. The highest BCUT2D eigenvalue weighted by Gasteiger charge is 2.12. The lowest BCUT2D eigenvalue weighted by molar-refractivity contribution is 0.212. The van der Waals surface area contributed by atoms with Crippen LogP contribution in [0.25, 0.3) is 0 Å². The Morgan fingerprint density at radius 2 is 2.31 bits per heavy atom. The van der Waals surface area contributed by atoms with Gasteiger partial charge in [-0.05, 0) is 0 Å². The number of nitrogen functional groups attached to an aromatic ring is 1. The van der Waals surface area contributed by atoms with Crippen molar-refractivity contribution in [2.45, 2.75) is 6.54 Å².